The van der Waals surface area contributed by atoms with E-state index in [9.17, 15) is 33.9 Å². The van der Waals surface area contributed by atoms with Gasteiger partial charge in [0.05, 0.1) is 56.4 Å². The van der Waals surface area contributed by atoms with Crippen LogP contribution in [-0.2, 0) is 46.7 Å². The molecule has 22 heteroatoms. The van der Waals surface area contributed by atoms with Crippen LogP contribution in [0.25, 0.3) is 11.4 Å². The monoisotopic (exact) mass is 1320 g/mol. The van der Waals surface area contributed by atoms with Crippen LogP contribution < -0.4 is 53.6 Å². The summed E-state index contributed by atoms with van der Waals surface area (Å²) in [4.78, 5) is 80.9. The summed E-state index contributed by atoms with van der Waals surface area (Å²) in [6, 6.07) is 31.5. The molecule has 93 heavy (non-hydrogen) atoms. The summed E-state index contributed by atoms with van der Waals surface area (Å²) >= 11 is 1.66. The van der Waals surface area contributed by atoms with Crippen molar-refractivity contribution in [2.45, 2.75) is 162 Å². The molecule has 15 N–H and O–H groups in total. The Morgan fingerprint density at radius 1 is 0.688 bits per heavy atom. The Morgan fingerprint density at radius 3 is 1.63 bits per heavy atom. The topological polar surface area (TPSA) is 315 Å². The minimum absolute atomic E-state index is 0.00788. The van der Waals surface area contributed by atoms with Gasteiger partial charge in [0.25, 0.3) is 0 Å². The quantitative estimate of drug-likeness (QED) is 0.0178. The SMILES string of the molecule is C1CCCCC1.C=C.CC.CC.CCCN(CC(=O)N/C(SN)=C(/N)c1ccccc1)C(=O)CNC(=O)C(C)NC.CNCC(=O)NC(C(=O)N1CC(OCc2ccc(C#Cc3ccc(CO)cc3)cc2)C[C@H]1C(=O)N/C(SN)=C(/N)c1ccccc1)C1CCCCC1. The molecule has 0 bridgehead atoms. The first-order chi connectivity index (χ1) is 45.1. The standard InChI is InChI=1S/C40H48N6O5S.C19H30N6O3S.C6H12.2C2H6.C2H4/c1-43-23-35(48)44-37(32-10-6-3-7-11-32)40(50)46-24-33(22-34(46)38(49)45-39(52-42)36(41)31-8-4-2-5-9-31)51-26-30-20-16-28(17-21-30)13-12-27-14-18-29(25-47)19-15-27;1-4-10-25(16(27)11-23-18(28)13(2)22-3)12-15(26)24-19(29-21)17(20)14-8-6-5-7-9-14;1-2-4-6-5-3-1;3*1-2/h2,4-5,8-9,14-21,32-34,37,43,47H,3,6-7,10-11,22-26,41-42H2,1H3,(H,44,48)(H,45,49);5-9,13,22H,4,10-12,20-21H2,1-3H3,(H,23,28)(H,24,26);1-6H2;2*1-2H3;1-2H2/b39-36-;19-17-;;;;/t33?,34-,37?;;;;;/m0...../s1. The molecule has 4 atom stereocenters. The van der Waals surface area contributed by atoms with E-state index >= 15 is 0 Å². The van der Waals surface area contributed by atoms with Gasteiger partial charge in [0.15, 0.2) is 0 Å². The third kappa shape index (κ3) is 29.6. The number of carbonyl (C=O) groups excluding carboxylic acids is 6. The summed E-state index contributed by atoms with van der Waals surface area (Å²) in [5.74, 6) is 4.21. The van der Waals surface area contributed by atoms with Crippen molar-refractivity contribution in [1.29, 1.82) is 0 Å². The molecular weight excluding hydrogens is 1210 g/mol. The van der Waals surface area contributed by atoms with Crippen molar-refractivity contribution in [2.75, 3.05) is 46.8 Å². The number of nitrogens with two attached hydrogens (primary N) is 4. The fourth-order valence-corrected chi connectivity index (χ4v) is 10.9. The van der Waals surface area contributed by atoms with E-state index in [1.807, 2.05) is 132 Å². The molecule has 0 aromatic heterocycles. The van der Waals surface area contributed by atoms with Gasteiger partial charge < -0.3 is 63.0 Å². The summed E-state index contributed by atoms with van der Waals surface area (Å²) in [5, 5.41) is 38.2. The molecule has 2 saturated carbocycles. The number of aliphatic hydroxyl groups excluding tert-OH is 1. The van der Waals surface area contributed by atoms with Gasteiger partial charge in [-0.3, -0.25) is 39.0 Å². The Morgan fingerprint density at radius 2 is 1.17 bits per heavy atom. The summed E-state index contributed by atoms with van der Waals surface area (Å²) in [5.41, 5.74) is 18.1. The van der Waals surface area contributed by atoms with Crippen molar-refractivity contribution in [2.24, 2.45) is 27.7 Å². The lowest BCUT2D eigenvalue weighted by Gasteiger charge is -2.34. The maximum Gasteiger partial charge on any atom is 0.247 e. The number of benzene rings is 4. The Bertz CT molecular complexity index is 2940. The summed E-state index contributed by atoms with van der Waals surface area (Å²) < 4.78 is 6.34. The number of hydrogen-bond donors (Lipinski definition) is 11. The van der Waals surface area contributed by atoms with Crippen LogP contribution in [0.15, 0.2) is 132 Å². The first kappa shape index (κ1) is 81.6. The molecule has 0 radical (unpaired) electrons. The van der Waals surface area contributed by atoms with E-state index < -0.39 is 36.0 Å². The maximum absolute atomic E-state index is 14.4. The van der Waals surface area contributed by atoms with Crippen LogP contribution in [0.3, 0.4) is 0 Å². The molecular formula is C71H106N12O8S2. The summed E-state index contributed by atoms with van der Waals surface area (Å²) in [6.45, 7) is 18.1. The van der Waals surface area contributed by atoms with Crippen LogP contribution in [0, 0.1) is 17.8 Å². The molecule has 1 aliphatic heterocycles. The van der Waals surface area contributed by atoms with Crippen molar-refractivity contribution < 1.29 is 38.6 Å². The van der Waals surface area contributed by atoms with E-state index in [0.29, 0.717) is 35.0 Å². The third-order valence-corrected chi connectivity index (χ3v) is 16.2. The fourth-order valence-electron chi connectivity index (χ4n) is 10.1. The molecule has 3 fully saturated rings. The zero-order valence-electron chi connectivity index (χ0n) is 56.2. The molecule has 0 spiro atoms. The second kappa shape index (κ2) is 48.3. The number of nitrogens with zero attached hydrogens (tertiary/aromatic N) is 2. The molecule has 20 nitrogen and oxygen atoms in total. The van der Waals surface area contributed by atoms with Crippen molar-refractivity contribution in [3.63, 3.8) is 0 Å². The minimum atomic E-state index is -0.875. The Hall–Kier alpha value is -7.46. The first-order valence-electron chi connectivity index (χ1n) is 32.5. The number of aliphatic hydroxyl groups is 1. The predicted molar refractivity (Wildman–Crippen MR) is 381 cm³/mol. The number of likely N-dealkylation sites (N-methyl/N-ethyl adjacent to an activating group) is 2. The van der Waals surface area contributed by atoms with Crippen molar-refractivity contribution in [3.8, 4) is 11.8 Å². The number of amides is 6. The molecule has 7 rings (SSSR count). The van der Waals surface area contributed by atoms with Gasteiger partial charge in [-0.15, -0.1) is 13.2 Å². The second-order valence-electron chi connectivity index (χ2n) is 21.6. The highest BCUT2D eigenvalue weighted by Crippen LogP contribution is 2.31. The highest BCUT2D eigenvalue weighted by molar-refractivity contribution is 8.01. The van der Waals surface area contributed by atoms with E-state index in [1.54, 1.807) is 38.1 Å². The van der Waals surface area contributed by atoms with Crippen LogP contribution in [0.5, 0.6) is 0 Å². The van der Waals surface area contributed by atoms with Crippen molar-refractivity contribution in [3.05, 3.63) is 166 Å². The number of rotatable bonds is 24. The van der Waals surface area contributed by atoms with Crippen LogP contribution in [0.2, 0.25) is 0 Å². The average Bonchev–Trinajstić information content (AvgIpc) is 1.70. The number of nitrogens with one attached hydrogen (secondary N) is 6. The largest absolute Gasteiger partial charge is 0.396 e. The number of ether oxygens (including phenoxy) is 1. The molecule has 510 valence electrons. The molecule has 4 aromatic carbocycles. The minimum Gasteiger partial charge on any atom is -0.396 e. The van der Waals surface area contributed by atoms with Gasteiger partial charge in [-0.05, 0) is 105 Å². The lowest BCUT2D eigenvalue weighted by Crippen LogP contribution is -2.57. The number of carbonyl (C=O) groups is 6. The molecule has 1 saturated heterocycles. The number of hydrogen-bond acceptors (Lipinski definition) is 16. The van der Waals surface area contributed by atoms with Gasteiger partial charge in [0.2, 0.25) is 35.4 Å². The highest BCUT2D eigenvalue weighted by Gasteiger charge is 2.45. The van der Waals surface area contributed by atoms with Gasteiger partial charge in [-0.1, -0.05) is 189 Å². The van der Waals surface area contributed by atoms with Crippen LogP contribution in [0.1, 0.15) is 158 Å². The molecule has 4 aromatic rings. The number of likely N-dealkylation sites (tertiary alicyclic amines) is 1. The zero-order chi connectivity index (χ0) is 68.9. The Balaban J connectivity index is 0.000000602. The molecule has 3 aliphatic rings. The molecule has 6 amide bonds. The molecule has 3 unspecified atom stereocenters. The van der Waals surface area contributed by atoms with Crippen molar-refractivity contribution in [1.82, 2.24) is 41.7 Å². The Kier molecular flexibility index (Phi) is 42.4. The zero-order valence-corrected chi connectivity index (χ0v) is 57.8. The van der Waals surface area contributed by atoms with Crippen LogP contribution in [0.4, 0.5) is 0 Å². The van der Waals surface area contributed by atoms with Crippen LogP contribution in [-0.4, -0.2) is 121 Å². The van der Waals surface area contributed by atoms with Crippen molar-refractivity contribution >= 4 is 70.7 Å². The van der Waals surface area contributed by atoms with Gasteiger partial charge in [0, 0.05) is 41.8 Å². The second-order valence-corrected chi connectivity index (χ2v) is 22.9. The van der Waals surface area contributed by atoms with Gasteiger partial charge in [-0.25, -0.2) is 0 Å². The fraction of sp³-hybridized carbons (Fsp3) is 0.465. The normalized spacial score (nSPS) is 16.0. The first-order valence-corrected chi connectivity index (χ1v) is 34.2. The third-order valence-electron chi connectivity index (χ3n) is 15.1. The van der Waals surface area contributed by atoms with Gasteiger partial charge in [-0.2, -0.15) is 0 Å². The lowest BCUT2D eigenvalue weighted by atomic mass is 9.83. The van der Waals surface area contributed by atoms with E-state index in [1.165, 1.54) is 43.4 Å². The lowest BCUT2D eigenvalue weighted by molar-refractivity contribution is -0.142. The predicted octanol–water partition coefficient (Wildman–Crippen LogP) is 8.51. The van der Waals surface area contributed by atoms with E-state index in [4.69, 9.17) is 26.5 Å². The van der Waals surface area contributed by atoms with Gasteiger partial charge in [0.1, 0.15) is 22.1 Å². The van der Waals surface area contributed by atoms with Gasteiger partial charge >= 0.3 is 0 Å². The smallest absolute Gasteiger partial charge is 0.247 e. The average molecular weight is 1320 g/mol. The molecule has 2 aliphatic carbocycles. The molecule has 1 heterocycles. The summed E-state index contributed by atoms with van der Waals surface area (Å²) in [7, 11) is 3.34. The highest BCUT2D eigenvalue weighted by atomic mass is 32.2. The maximum atomic E-state index is 14.4. The van der Waals surface area contributed by atoms with E-state index in [2.05, 4.69) is 56.9 Å². The Labute approximate surface area is 562 Å². The summed E-state index contributed by atoms with van der Waals surface area (Å²) in [6.07, 6.45) is 14.2. The van der Waals surface area contributed by atoms with E-state index in [-0.39, 0.29) is 80.4 Å². The van der Waals surface area contributed by atoms with Crippen LogP contribution >= 0.6 is 23.9 Å². The van der Waals surface area contributed by atoms with E-state index in [0.717, 1.165) is 83.8 Å².